The first-order valence-electron chi connectivity index (χ1n) is 9.69. The van der Waals surface area contributed by atoms with Crippen molar-refractivity contribution in [2.75, 3.05) is 16.8 Å². The first kappa shape index (κ1) is 21.5. The highest BCUT2D eigenvalue weighted by atomic mass is 35.5. The molecule has 0 aliphatic carbocycles. The Labute approximate surface area is 181 Å². The molecule has 2 aromatic rings. The molecule has 0 unspecified atom stereocenters. The fraction of sp³-hybridized carbons (Fsp3) is 0.364. The molecule has 3 rings (SSSR count). The number of amides is 2. The average molecular weight is 434 g/mol. The Morgan fingerprint density at radius 2 is 1.90 bits per heavy atom. The Hall–Kier alpha value is -2.24. The number of fused-ring (bicyclic) bond motifs is 1. The van der Waals surface area contributed by atoms with Crippen LogP contribution in [0, 0.1) is 0 Å². The Kier molecular flexibility index (Phi) is 6.70. The fourth-order valence-electron chi connectivity index (χ4n) is 3.77. The van der Waals surface area contributed by atoms with Gasteiger partial charge in [-0.3, -0.25) is 9.59 Å². The summed E-state index contributed by atoms with van der Waals surface area (Å²) in [6.07, 6.45) is 1.78. The maximum Gasteiger partial charge on any atom is 0.242 e. The minimum atomic E-state index is -0.366. The minimum Gasteiger partial charge on any atom is -0.359 e. The average Bonchev–Trinajstić information content (AvgIpc) is 2.66. The molecular formula is C22H25Cl2N3O2. The maximum atomic E-state index is 13.0. The van der Waals surface area contributed by atoms with Gasteiger partial charge in [-0.1, -0.05) is 35.3 Å². The summed E-state index contributed by atoms with van der Waals surface area (Å²) in [6, 6.07) is 10.5. The van der Waals surface area contributed by atoms with E-state index in [0.29, 0.717) is 10.0 Å². The van der Waals surface area contributed by atoms with E-state index >= 15 is 0 Å². The molecule has 1 aliphatic rings. The normalized spacial score (nSPS) is 15.3. The lowest BCUT2D eigenvalue weighted by Gasteiger charge is -2.36. The number of hydrogen-bond donors (Lipinski definition) is 2. The summed E-state index contributed by atoms with van der Waals surface area (Å²) >= 11 is 12.2. The molecule has 0 aromatic heterocycles. The van der Waals surface area contributed by atoms with Crippen molar-refractivity contribution in [1.29, 1.82) is 0 Å². The van der Waals surface area contributed by atoms with Gasteiger partial charge in [0.05, 0.1) is 6.04 Å². The third kappa shape index (κ3) is 4.85. The van der Waals surface area contributed by atoms with E-state index in [0.717, 1.165) is 41.9 Å². The summed E-state index contributed by atoms with van der Waals surface area (Å²) in [5.41, 5.74) is 3.70. The van der Waals surface area contributed by atoms with Gasteiger partial charge in [0.25, 0.3) is 0 Å². The van der Waals surface area contributed by atoms with Gasteiger partial charge in [-0.05, 0) is 62.1 Å². The van der Waals surface area contributed by atoms with Crippen molar-refractivity contribution in [3.63, 3.8) is 0 Å². The van der Waals surface area contributed by atoms with Crippen LogP contribution in [0.25, 0.3) is 0 Å². The number of carbonyl (C=O) groups is 2. The fourth-order valence-corrected chi connectivity index (χ4v) is 4.34. The van der Waals surface area contributed by atoms with E-state index in [9.17, 15) is 9.59 Å². The standard InChI is InChI=1S/C22H25Cl2N3O2/c1-13(17-10-9-16(23)12-19(17)24)25-22(29)14(2)27-11-5-6-18-20(26-15(3)28)7-4-8-21(18)27/h4,7-10,12-14H,5-6,11H2,1-3H3,(H,25,29)(H,26,28)/t13-,14-/m1/s1. The molecule has 2 aromatic carbocycles. The molecule has 0 bridgehead atoms. The highest BCUT2D eigenvalue weighted by Gasteiger charge is 2.28. The van der Waals surface area contributed by atoms with Gasteiger partial charge in [0.15, 0.2) is 0 Å². The lowest BCUT2D eigenvalue weighted by Crippen LogP contribution is -2.48. The number of carbonyl (C=O) groups excluding carboxylic acids is 2. The lowest BCUT2D eigenvalue weighted by molar-refractivity contribution is -0.122. The summed E-state index contributed by atoms with van der Waals surface area (Å²) in [5, 5.41) is 7.04. The van der Waals surface area contributed by atoms with Gasteiger partial charge < -0.3 is 15.5 Å². The quantitative estimate of drug-likeness (QED) is 0.699. The molecule has 0 radical (unpaired) electrons. The number of rotatable bonds is 5. The second-order valence-electron chi connectivity index (χ2n) is 7.35. The third-order valence-electron chi connectivity index (χ3n) is 5.23. The molecule has 0 saturated heterocycles. The van der Waals surface area contributed by atoms with Crippen LogP contribution in [0.3, 0.4) is 0 Å². The van der Waals surface area contributed by atoms with Crippen molar-refractivity contribution in [3.05, 3.63) is 57.6 Å². The lowest BCUT2D eigenvalue weighted by atomic mass is 9.98. The van der Waals surface area contributed by atoms with Gasteiger partial charge in [-0.2, -0.15) is 0 Å². The molecule has 29 heavy (non-hydrogen) atoms. The molecule has 154 valence electrons. The Balaban J connectivity index is 1.78. The van der Waals surface area contributed by atoms with Gasteiger partial charge in [-0.25, -0.2) is 0 Å². The number of hydrogen-bond acceptors (Lipinski definition) is 3. The molecular weight excluding hydrogens is 409 g/mol. The smallest absolute Gasteiger partial charge is 0.242 e. The monoisotopic (exact) mass is 433 g/mol. The first-order chi connectivity index (χ1) is 13.8. The summed E-state index contributed by atoms with van der Waals surface area (Å²) in [4.78, 5) is 26.6. The summed E-state index contributed by atoms with van der Waals surface area (Å²) < 4.78 is 0. The zero-order valence-corrected chi connectivity index (χ0v) is 18.3. The number of anilines is 2. The maximum absolute atomic E-state index is 13.0. The van der Waals surface area contributed by atoms with E-state index in [-0.39, 0.29) is 23.9 Å². The van der Waals surface area contributed by atoms with Crippen LogP contribution in [0.15, 0.2) is 36.4 Å². The third-order valence-corrected chi connectivity index (χ3v) is 5.79. The molecule has 2 N–H and O–H groups in total. The molecule has 2 amide bonds. The summed E-state index contributed by atoms with van der Waals surface area (Å²) in [7, 11) is 0. The molecule has 1 aliphatic heterocycles. The highest BCUT2D eigenvalue weighted by Crippen LogP contribution is 2.34. The topological polar surface area (TPSA) is 61.4 Å². The number of benzene rings is 2. The largest absolute Gasteiger partial charge is 0.359 e. The van der Waals surface area contributed by atoms with Gasteiger partial charge in [0.2, 0.25) is 11.8 Å². The zero-order chi connectivity index (χ0) is 21.1. The first-order valence-corrected chi connectivity index (χ1v) is 10.4. The van der Waals surface area contributed by atoms with Crippen LogP contribution in [0.2, 0.25) is 10.0 Å². The molecule has 5 nitrogen and oxygen atoms in total. The van der Waals surface area contributed by atoms with Crippen LogP contribution >= 0.6 is 23.2 Å². The Morgan fingerprint density at radius 3 is 2.59 bits per heavy atom. The molecule has 1 heterocycles. The van der Waals surface area contributed by atoms with Crippen LogP contribution < -0.4 is 15.5 Å². The van der Waals surface area contributed by atoms with E-state index in [2.05, 4.69) is 15.5 Å². The van der Waals surface area contributed by atoms with E-state index in [1.54, 1.807) is 12.1 Å². The van der Waals surface area contributed by atoms with Crippen LogP contribution in [0.4, 0.5) is 11.4 Å². The Morgan fingerprint density at radius 1 is 1.14 bits per heavy atom. The van der Waals surface area contributed by atoms with Crippen molar-refractivity contribution in [3.8, 4) is 0 Å². The SMILES string of the molecule is CC(=O)Nc1cccc2c1CCCN2[C@H](C)C(=O)N[C@H](C)c1ccc(Cl)cc1Cl. The number of nitrogens with zero attached hydrogens (tertiary/aromatic N) is 1. The van der Waals surface area contributed by atoms with Crippen LogP contribution in [0.1, 0.15) is 44.4 Å². The van der Waals surface area contributed by atoms with Crippen molar-refractivity contribution < 1.29 is 9.59 Å². The number of nitrogens with one attached hydrogen (secondary N) is 2. The van der Waals surface area contributed by atoms with Crippen molar-refractivity contribution >= 4 is 46.4 Å². The van der Waals surface area contributed by atoms with E-state index in [1.165, 1.54) is 6.92 Å². The van der Waals surface area contributed by atoms with E-state index < -0.39 is 0 Å². The van der Waals surface area contributed by atoms with Crippen molar-refractivity contribution in [2.45, 2.75) is 45.7 Å². The Bertz CT molecular complexity index is 932. The van der Waals surface area contributed by atoms with Gasteiger partial charge >= 0.3 is 0 Å². The highest BCUT2D eigenvalue weighted by molar-refractivity contribution is 6.35. The van der Waals surface area contributed by atoms with Crippen LogP contribution in [0.5, 0.6) is 0 Å². The molecule has 7 heteroatoms. The second-order valence-corrected chi connectivity index (χ2v) is 8.20. The van der Waals surface area contributed by atoms with Crippen molar-refractivity contribution in [2.24, 2.45) is 0 Å². The summed E-state index contributed by atoms with van der Waals surface area (Å²) in [6.45, 7) is 6.07. The molecule has 0 fully saturated rings. The minimum absolute atomic E-state index is 0.0821. The predicted octanol–water partition coefficient (Wildman–Crippen LogP) is 4.97. The second kappa shape index (κ2) is 9.06. The predicted molar refractivity (Wildman–Crippen MR) is 119 cm³/mol. The molecule has 2 atom stereocenters. The van der Waals surface area contributed by atoms with Gasteiger partial charge in [0.1, 0.15) is 6.04 Å². The van der Waals surface area contributed by atoms with Crippen LogP contribution in [-0.4, -0.2) is 24.4 Å². The molecule has 0 spiro atoms. The van der Waals surface area contributed by atoms with Gasteiger partial charge in [-0.15, -0.1) is 0 Å². The number of halogens is 2. The van der Waals surface area contributed by atoms with Gasteiger partial charge in [0, 0.05) is 34.9 Å². The van der Waals surface area contributed by atoms with E-state index in [1.807, 2.05) is 38.1 Å². The molecule has 0 saturated carbocycles. The van der Waals surface area contributed by atoms with Crippen LogP contribution in [-0.2, 0) is 16.0 Å². The summed E-state index contributed by atoms with van der Waals surface area (Å²) in [5.74, 6) is -0.184. The van der Waals surface area contributed by atoms with Crippen molar-refractivity contribution in [1.82, 2.24) is 5.32 Å². The zero-order valence-electron chi connectivity index (χ0n) is 16.8. The van der Waals surface area contributed by atoms with E-state index in [4.69, 9.17) is 23.2 Å².